The van der Waals surface area contributed by atoms with E-state index in [0.717, 1.165) is 59.9 Å². The van der Waals surface area contributed by atoms with E-state index >= 15 is 0 Å². The molecule has 0 amide bonds. The number of ether oxygens (including phenoxy) is 2. The van der Waals surface area contributed by atoms with Crippen molar-refractivity contribution < 1.29 is 9.47 Å². The average Bonchev–Trinajstić information content (AvgIpc) is 3.43. The van der Waals surface area contributed by atoms with Crippen LogP contribution < -0.4 is 4.74 Å². The Hall–Kier alpha value is -2.32. The lowest BCUT2D eigenvalue weighted by Crippen LogP contribution is -2.16. The van der Waals surface area contributed by atoms with Crippen LogP contribution in [0.1, 0.15) is 18.7 Å². The van der Waals surface area contributed by atoms with Crippen LogP contribution in [0, 0.1) is 0 Å². The van der Waals surface area contributed by atoms with Gasteiger partial charge in [-0.3, -0.25) is 4.57 Å². The predicted molar refractivity (Wildman–Crippen MR) is 104 cm³/mol. The summed E-state index contributed by atoms with van der Waals surface area (Å²) in [4.78, 5) is 4.39. The van der Waals surface area contributed by atoms with Crippen molar-refractivity contribution >= 4 is 11.8 Å². The maximum atomic E-state index is 5.86. The van der Waals surface area contributed by atoms with Crippen molar-refractivity contribution in [2.45, 2.75) is 36.4 Å². The molecule has 8 heteroatoms. The van der Waals surface area contributed by atoms with E-state index in [9.17, 15) is 0 Å². The molecule has 1 fully saturated rings. The third kappa shape index (κ3) is 4.01. The third-order valence-electron chi connectivity index (χ3n) is 4.73. The van der Waals surface area contributed by atoms with E-state index in [4.69, 9.17) is 9.47 Å². The van der Waals surface area contributed by atoms with Gasteiger partial charge in [0.15, 0.2) is 11.0 Å². The Morgan fingerprint density at radius 1 is 1.26 bits per heavy atom. The number of aromatic nitrogens is 5. The number of thioether (sulfide) groups is 1. The molecular weight excluding hydrogens is 362 g/mol. The van der Waals surface area contributed by atoms with Crippen LogP contribution in [0.3, 0.4) is 0 Å². The molecule has 0 unspecified atom stereocenters. The summed E-state index contributed by atoms with van der Waals surface area (Å²) in [6.07, 6.45) is 6.17. The van der Waals surface area contributed by atoms with Crippen LogP contribution >= 0.6 is 11.8 Å². The number of nitrogens with zero attached hydrogens (tertiary/aromatic N) is 5. The quantitative estimate of drug-likeness (QED) is 0.582. The summed E-state index contributed by atoms with van der Waals surface area (Å²) in [6, 6.07) is 7.92. The molecule has 0 saturated carbocycles. The van der Waals surface area contributed by atoms with E-state index in [1.807, 2.05) is 48.3 Å². The van der Waals surface area contributed by atoms with Crippen molar-refractivity contribution in [3.05, 3.63) is 42.5 Å². The highest BCUT2D eigenvalue weighted by Crippen LogP contribution is 2.29. The highest BCUT2D eigenvalue weighted by Gasteiger charge is 2.22. The van der Waals surface area contributed by atoms with Gasteiger partial charge in [-0.25, -0.2) is 4.98 Å². The molecule has 2 aromatic heterocycles. The Morgan fingerprint density at radius 3 is 2.78 bits per heavy atom. The molecule has 4 rings (SSSR count). The van der Waals surface area contributed by atoms with Gasteiger partial charge in [0, 0.05) is 31.6 Å². The van der Waals surface area contributed by atoms with Crippen molar-refractivity contribution in [3.8, 4) is 17.1 Å². The Balaban J connectivity index is 1.61. The molecule has 1 saturated heterocycles. The number of hydrogen-bond acceptors (Lipinski definition) is 6. The van der Waals surface area contributed by atoms with Crippen molar-refractivity contribution in [1.82, 2.24) is 24.3 Å². The molecule has 3 heterocycles. The summed E-state index contributed by atoms with van der Waals surface area (Å²) in [5, 5.41) is 9.82. The van der Waals surface area contributed by atoms with Crippen LogP contribution in [0.15, 0.2) is 41.8 Å². The van der Waals surface area contributed by atoms with Gasteiger partial charge in [-0.2, -0.15) is 0 Å². The van der Waals surface area contributed by atoms with Crippen molar-refractivity contribution in [3.63, 3.8) is 0 Å². The van der Waals surface area contributed by atoms with Crippen molar-refractivity contribution in [2.24, 2.45) is 7.05 Å². The van der Waals surface area contributed by atoms with Gasteiger partial charge in [0.1, 0.15) is 11.6 Å². The number of benzene rings is 1. The lowest BCUT2D eigenvalue weighted by Gasteiger charge is -2.15. The SMILES string of the molecule is COc1ccc(-c2nnc(SCc3nccn3C)n2C[C@H]2CCCO2)cc1. The minimum atomic E-state index is 0.213. The summed E-state index contributed by atoms with van der Waals surface area (Å²) in [5.41, 5.74) is 1.02. The molecule has 1 aliphatic rings. The third-order valence-corrected chi connectivity index (χ3v) is 5.69. The fourth-order valence-electron chi connectivity index (χ4n) is 3.17. The molecule has 1 atom stereocenters. The van der Waals surface area contributed by atoms with Crippen LogP contribution in [0.4, 0.5) is 0 Å². The predicted octanol–water partition coefficient (Wildman–Crippen LogP) is 3.16. The molecule has 0 aliphatic carbocycles. The zero-order valence-electron chi connectivity index (χ0n) is 15.5. The molecule has 3 aromatic rings. The van der Waals surface area contributed by atoms with Crippen LogP contribution in [0.5, 0.6) is 5.75 Å². The number of methoxy groups -OCH3 is 1. The number of rotatable bonds is 7. The highest BCUT2D eigenvalue weighted by atomic mass is 32.2. The Bertz CT molecular complexity index is 884. The van der Waals surface area contributed by atoms with Gasteiger partial charge < -0.3 is 14.0 Å². The fourth-order valence-corrected chi connectivity index (χ4v) is 4.12. The Labute approximate surface area is 162 Å². The second kappa shape index (κ2) is 8.14. The molecule has 7 nitrogen and oxygen atoms in total. The maximum absolute atomic E-state index is 5.86. The van der Waals surface area contributed by atoms with Gasteiger partial charge in [-0.1, -0.05) is 11.8 Å². The molecular formula is C19H23N5O2S. The minimum Gasteiger partial charge on any atom is -0.497 e. The zero-order valence-corrected chi connectivity index (χ0v) is 16.4. The molecule has 0 N–H and O–H groups in total. The largest absolute Gasteiger partial charge is 0.497 e. The molecule has 27 heavy (non-hydrogen) atoms. The topological polar surface area (TPSA) is 67.0 Å². The van der Waals surface area contributed by atoms with Gasteiger partial charge in [0.2, 0.25) is 0 Å². The molecule has 0 radical (unpaired) electrons. The number of imidazole rings is 1. The van der Waals surface area contributed by atoms with Gasteiger partial charge in [-0.05, 0) is 37.1 Å². The average molecular weight is 385 g/mol. The summed E-state index contributed by atoms with van der Waals surface area (Å²) in [7, 11) is 3.67. The molecule has 1 aliphatic heterocycles. The van der Waals surface area contributed by atoms with Gasteiger partial charge >= 0.3 is 0 Å². The molecule has 0 bridgehead atoms. The standard InChI is InChI=1S/C19H23N5O2S/c1-23-10-9-20-17(23)13-27-19-22-21-18(14-5-7-15(25-2)8-6-14)24(19)12-16-4-3-11-26-16/h5-10,16H,3-4,11-13H2,1-2H3/t16-/m1/s1. The van der Waals surface area contributed by atoms with E-state index in [1.54, 1.807) is 18.9 Å². The summed E-state index contributed by atoms with van der Waals surface area (Å²) >= 11 is 1.65. The van der Waals surface area contributed by atoms with Crippen LogP contribution in [0.2, 0.25) is 0 Å². The first-order valence-electron chi connectivity index (χ1n) is 9.03. The first-order chi connectivity index (χ1) is 13.2. The van der Waals surface area contributed by atoms with Crippen LogP contribution in [-0.2, 0) is 24.1 Å². The van der Waals surface area contributed by atoms with E-state index in [0.29, 0.717) is 0 Å². The summed E-state index contributed by atoms with van der Waals surface area (Å²) < 4.78 is 15.3. The lowest BCUT2D eigenvalue weighted by atomic mass is 10.2. The summed E-state index contributed by atoms with van der Waals surface area (Å²) in [5.74, 6) is 3.44. The van der Waals surface area contributed by atoms with E-state index in [-0.39, 0.29) is 6.10 Å². The van der Waals surface area contributed by atoms with Gasteiger partial charge in [-0.15, -0.1) is 10.2 Å². The van der Waals surface area contributed by atoms with E-state index < -0.39 is 0 Å². The molecule has 1 aromatic carbocycles. The molecule has 0 spiro atoms. The monoisotopic (exact) mass is 385 g/mol. The molecule has 142 valence electrons. The van der Waals surface area contributed by atoms with E-state index in [1.165, 1.54) is 0 Å². The summed E-state index contributed by atoms with van der Waals surface area (Å²) in [6.45, 7) is 1.59. The zero-order chi connectivity index (χ0) is 18.6. The second-order valence-electron chi connectivity index (χ2n) is 6.52. The fraction of sp³-hybridized carbons (Fsp3) is 0.421. The normalized spacial score (nSPS) is 16.7. The van der Waals surface area contributed by atoms with Crippen LogP contribution in [0.25, 0.3) is 11.4 Å². The second-order valence-corrected chi connectivity index (χ2v) is 7.47. The van der Waals surface area contributed by atoms with Crippen LogP contribution in [-0.4, -0.2) is 44.1 Å². The van der Waals surface area contributed by atoms with Crippen molar-refractivity contribution in [1.29, 1.82) is 0 Å². The number of aryl methyl sites for hydroxylation is 1. The van der Waals surface area contributed by atoms with E-state index in [2.05, 4.69) is 19.7 Å². The first-order valence-corrected chi connectivity index (χ1v) is 10.0. The minimum absolute atomic E-state index is 0.213. The lowest BCUT2D eigenvalue weighted by molar-refractivity contribution is 0.0953. The van der Waals surface area contributed by atoms with Gasteiger partial charge in [0.05, 0.1) is 25.5 Å². The van der Waals surface area contributed by atoms with Gasteiger partial charge in [0.25, 0.3) is 0 Å². The van der Waals surface area contributed by atoms with Crippen molar-refractivity contribution in [2.75, 3.05) is 13.7 Å². The smallest absolute Gasteiger partial charge is 0.192 e. The Kier molecular flexibility index (Phi) is 5.45. The highest BCUT2D eigenvalue weighted by molar-refractivity contribution is 7.98. The maximum Gasteiger partial charge on any atom is 0.192 e. The Morgan fingerprint density at radius 2 is 2.11 bits per heavy atom. The first kappa shape index (κ1) is 18.1. The number of hydrogen-bond donors (Lipinski definition) is 0.